The molecule has 1 unspecified atom stereocenters. The van der Waals surface area contributed by atoms with Gasteiger partial charge in [0, 0.05) is 19.0 Å². The van der Waals surface area contributed by atoms with Crippen LogP contribution in [0.4, 0.5) is 10.5 Å². The predicted molar refractivity (Wildman–Crippen MR) is 92.8 cm³/mol. The van der Waals surface area contributed by atoms with Crippen LogP contribution in [0, 0.1) is 0 Å². The maximum Gasteiger partial charge on any atom is 0.319 e. The summed E-state index contributed by atoms with van der Waals surface area (Å²) < 4.78 is 10.4. The quantitative estimate of drug-likeness (QED) is 0.730. The van der Waals surface area contributed by atoms with Crippen LogP contribution in [0.5, 0.6) is 0 Å². The molecule has 2 amide bonds. The number of carbonyl (C=O) groups is 1. The lowest BCUT2D eigenvalue weighted by Gasteiger charge is -2.14. The highest BCUT2D eigenvalue weighted by Gasteiger charge is 2.10. The first-order valence-corrected chi connectivity index (χ1v) is 7.83. The SMILES string of the molecule is COCCOCc1cccc(NC(=O)NC(C)c2ccccn2)c1. The van der Waals surface area contributed by atoms with Gasteiger partial charge in [0.2, 0.25) is 0 Å². The van der Waals surface area contributed by atoms with Gasteiger partial charge in [-0.2, -0.15) is 0 Å². The van der Waals surface area contributed by atoms with E-state index in [2.05, 4.69) is 15.6 Å². The van der Waals surface area contributed by atoms with Crippen LogP contribution >= 0.6 is 0 Å². The smallest absolute Gasteiger partial charge is 0.319 e. The van der Waals surface area contributed by atoms with Crippen molar-refractivity contribution in [3.05, 3.63) is 59.9 Å². The second kappa shape index (κ2) is 9.64. The summed E-state index contributed by atoms with van der Waals surface area (Å²) in [7, 11) is 1.64. The zero-order valence-electron chi connectivity index (χ0n) is 14.0. The molecule has 2 aromatic rings. The third-order valence-corrected chi connectivity index (χ3v) is 3.36. The first-order chi connectivity index (χ1) is 11.7. The number of benzene rings is 1. The molecule has 1 heterocycles. The third-order valence-electron chi connectivity index (χ3n) is 3.36. The number of urea groups is 1. The van der Waals surface area contributed by atoms with Gasteiger partial charge in [-0.25, -0.2) is 4.79 Å². The second-order valence-electron chi connectivity index (χ2n) is 5.32. The number of hydrogen-bond donors (Lipinski definition) is 2. The van der Waals surface area contributed by atoms with Crippen molar-refractivity contribution in [2.24, 2.45) is 0 Å². The molecule has 24 heavy (non-hydrogen) atoms. The Kier molecular flexibility index (Phi) is 7.20. The number of ether oxygens (including phenoxy) is 2. The average Bonchev–Trinajstić information content (AvgIpc) is 2.60. The highest BCUT2D eigenvalue weighted by Crippen LogP contribution is 2.13. The predicted octanol–water partition coefficient (Wildman–Crippen LogP) is 3.13. The molecular formula is C18H23N3O3. The zero-order chi connectivity index (χ0) is 17.2. The highest BCUT2D eigenvalue weighted by molar-refractivity contribution is 5.89. The number of pyridine rings is 1. The van der Waals surface area contributed by atoms with E-state index in [1.54, 1.807) is 13.3 Å². The lowest BCUT2D eigenvalue weighted by molar-refractivity contribution is 0.0617. The van der Waals surface area contributed by atoms with Gasteiger partial charge < -0.3 is 20.1 Å². The van der Waals surface area contributed by atoms with Gasteiger partial charge in [-0.05, 0) is 36.8 Å². The molecule has 1 aromatic carbocycles. The van der Waals surface area contributed by atoms with Crippen LogP contribution in [-0.2, 0) is 16.1 Å². The Morgan fingerprint density at radius 3 is 2.83 bits per heavy atom. The van der Waals surface area contributed by atoms with Gasteiger partial charge in [-0.15, -0.1) is 0 Å². The molecule has 128 valence electrons. The van der Waals surface area contributed by atoms with E-state index >= 15 is 0 Å². The Labute approximate surface area is 142 Å². The Balaban J connectivity index is 1.85. The minimum Gasteiger partial charge on any atom is -0.382 e. The molecule has 0 aliphatic carbocycles. The summed E-state index contributed by atoms with van der Waals surface area (Å²) >= 11 is 0. The standard InChI is InChI=1S/C18H23N3O3/c1-14(17-8-3-4-9-19-17)20-18(22)21-16-7-5-6-15(12-16)13-24-11-10-23-2/h3-9,12,14H,10-11,13H2,1-2H3,(H2,20,21,22). The van der Waals surface area contributed by atoms with E-state index in [1.807, 2.05) is 49.4 Å². The molecular weight excluding hydrogens is 306 g/mol. The number of aromatic nitrogens is 1. The van der Waals surface area contributed by atoms with Gasteiger partial charge in [0.1, 0.15) is 0 Å². The Morgan fingerprint density at radius 1 is 1.21 bits per heavy atom. The summed E-state index contributed by atoms with van der Waals surface area (Å²) in [6.45, 7) is 3.47. The molecule has 0 radical (unpaired) electrons. The van der Waals surface area contributed by atoms with Crippen molar-refractivity contribution >= 4 is 11.7 Å². The third kappa shape index (κ3) is 5.98. The first kappa shape index (κ1) is 17.9. The number of nitrogens with one attached hydrogen (secondary N) is 2. The fourth-order valence-electron chi connectivity index (χ4n) is 2.14. The van der Waals surface area contributed by atoms with Crippen LogP contribution in [0.3, 0.4) is 0 Å². The minimum atomic E-state index is -0.273. The van der Waals surface area contributed by atoms with Gasteiger partial charge in [0.15, 0.2) is 0 Å². The number of nitrogens with zero attached hydrogens (tertiary/aromatic N) is 1. The van der Waals surface area contributed by atoms with Gasteiger partial charge in [-0.3, -0.25) is 4.98 Å². The van der Waals surface area contributed by atoms with Crippen LogP contribution < -0.4 is 10.6 Å². The molecule has 2 N–H and O–H groups in total. The molecule has 1 atom stereocenters. The molecule has 0 spiro atoms. The van der Waals surface area contributed by atoms with Crippen LogP contribution in [0.2, 0.25) is 0 Å². The monoisotopic (exact) mass is 329 g/mol. The maximum absolute atomic E-state index is 12.1. The van der Waals surface area contributed by atoms with E-state index in [0.29, 0.717) is 25.5 Å². The van der Waals surface area contributed by atoms with E-state index in [-0.39, 0.29) is 12.1 Å². The number of carbonyl (C=O) groups excluding carboxylic acids is 1. The first-order valence-electron chi connectivity index (χ1n) is 7.83. The lowest BCUT2D eigenvalue weighted by atomic mass is 10.2. The number of hydrogen-bond acceptors (Lipinski definition) is 4. The molecule has 0 aliphatic heterocycles. The number of rotatable bonds is 8. The van der Waals surface area contributed by atoms with Crippen molar-refractivity contribution in [2.75, 3.05) is 25.6 Å². The summed E-state index contributed by atoms with van der Waals surface area (Å²) in [5.41, 5.74) is 2.52. The van der Waals surface area contributed by atoms with Crippen molar-refractivity contribution in [3.8, 4) is 0 Å². The molecule has 0 saturated carbocycles. The molecule has 0 fully saturated rings. The Hall–Kier alpha value is -2.44. The fraction of sp³-hybridized carbons (Fsp3) is 0.333. The van der Waals surface area contributed by atoms with Crippen molar-refractivity contribution < 1.29 is 14.3 Å². The topological polar surface area (TPSA) is 72.5 Å². The lowest BCUT2D eigenvalue weighted by Crippen LogP contribution is -2.31. The highest BCUT2D eigenvalue weighted by atomic mass is 16.5. The van der Waals surface area contributed by atoms with Crippen LogP contribution in [0.15, 0.2) is 48.7 Å². The maximum atomic E-state index is 12.1. The average molecular weight is 329 g/mol. The van der Waals surface area contributed by atoms with Gasteiger partial charge in [0.25, 0.3) is 0 Å². The van der Waals surface area contributed by atoms with Gasteiger partial charge >= 0.3 is 6.03 Å². The van der Waals surface area contributed by atoms with E-state index in [1.165, 1.54) is 0 Å². The van der Waals surface area contributed by atoms with Crippen LogP contribution in [0.25, 0.3) is 0 Å². The molecule has 6 heteroatoms. The summed E-state index contributed by atoms with van der Waals surface area (Å²) in [4.78, 5) is 16.3. The van der Waals surface area contributed by atoms with Crippen molar-refractivity contribution in [3.63, 3.8) is 0 Å². The molecule has 2 rings (SSSR count). The second-order valence-corrected chi connectivity index (χ2v) is 5.32. The number of methoxy groups -OCH3 is 1. The number of amides is 2. The van der Waals surface area contributed by atoms with E-state index in [4.69, 9.17) is 9.47 Å². The molecule has 0 aliphatic rings. The van der Waals surface area contributed by atoms with E-state index in [0.717, 1.165) is 11.3 Å². The fourth-order valence-corrected chi connectivity index (χ4v) is 2.14. The van der Waals surface area contributed by atoms with Crippen molar-refractivity contribution in [1.82, 2.24) is 10.3 Å². The largest absolute Gasteiger partial charge is 0.382 e. The molecule has 6 nitrogen and oxygen atoms in total. The summed E-state index contributed by atoms with van der Waals surface area (Å²) in [5, 5.41) is 5.69. The Bertz CT molecular complexity index is 634. The Morgan fingerprint density at radius 2 is 2.08 bits per heavy atom. The summed E-state index contributed by atoms with van der Waals surface area (Å²) in [5.74, 6) is 0. The van der Waals surface area contributed by atoms with Crippen molar-refractivity contribution in [2.45, 2.75) is 19.6 Å². The zero-order valence-corrected chi connectivity index (χ0v) is 14.0. The van der Waals surface area contributed by atoms with Crippen molar-refractivity contribution in [1.29, 1.82) is 0 Å². The van der Waals surface area contributed by atoms with E-state index in [9.17, 15) is 4.79 Å². The summed E-state index contributed by atoms with van der Waals surface area (Å²) in [6, 6.07) is 12.7. The molecule has 0 saturated heterocycles. The normalized spacial score (nSPS) is 11.8. The van der Waals surface area contributed by atoms with E-state index < -0.39 is 0 Å². The minimum absolute atomic E-state index is 0.174. The van der Waals surface area contributed by atoms with Gasteiger partial charge in [0.05, 0.1) is 31.6 Å². The summed E-state index contributed by atoms with van der Waals surface area (Å²) in [6.07, 6.45) is 1.71. The molecule has 1 aromatic heterocycles. The molecule has 0 bridgehead atoms. The van der Waals surface area contributed by atoms with Gasteiger partial charge in [-0.1, -0.05) is 18.2 Å². The number of anilines is 1. The van der Waals surface area contributed by atoms with Crippen LogP contribution in [-0.4, -0.2) is 31.3 Å². The van der Waals surface area contributed by atoms with Crippen LogP contribution in [0.1, 0.15) is 24.2 Å².